The highest BCUT2D eigenvalue weighted by Gasteiger charge is 2.14. The fraction of sp³-hybridized carbons (Fsp3) is 0.914. The highest BCUT2D eigenvalue weighted by Crippen LogP contribution is 2.13. The van der Waals surface area contributed by atoms with Gasteiger partial charge in [0.15, 0.2) is 0 Å². The molecule has 0 saturated heterocycles. The lowest BCUT2D eigenvalue weighted by molar-refractivity contribution is -0.136. The molecule has 0 fully saturated rings. The summed E-state index contributed by atoms with van der Waals surface area (Å²) in [4.78, 5) is 17.5. The van der Waals surface area contributed by atoms with E-state index in [0.29, 0.717) is 6.61 Å². The number of hydrogen-bond donors (Lipinski definition) is 0. The second-order valence-electron chi connectivity index (χ2n) is 11.8. The number of carbonyl (C=O) groups is 1. The standard InChI is InChI=1S/C35H70N2O2/c1-6-10-12-14-16-18-20-22-24-26-30-37(31-27-25-23-21-19-17-15-13-11-7-2)35(38)33-39-32-34(5)36(28-8-3)29-9-4/h5-33H2,1-4H3. The molecule has 0 rings (SSSR count). The van der Waals surface area contributed by atoms with Gasteiger partial charge in [-0.1, -0.05) is 150 Å². The molecule has 0 saturated carbocycles. The number of rotatable bonds is 31. The highest BCUT2D eigenvalue weighted by atomic mass is 16.5. The molecule has 0 unspecified atom stereocenters. The summed E-state index contributed by atoms with van der Waals surface area (Å²) in [6.45, 7) is 17.6. The Morgan fingerprint density at radius 3 is 1.18 bits per heavy atom. The van der Waals surface area contributed by atoms with Crippen molar-refractivity contribution in [1.29, 1.82) is 0 Å². The van der Waals surface area contributed by atoms with Crippen molar-refractivity contribution in [2.45, 2.75) is 169 Å². The first-order valence-corrected chi connectivity index (χ1v) is 17.4. The number of hydrogen-bond acceptors (Lipinski definition) is 3. The van der Waals surface area contributed by atoms with E-state index in [1.807, 2.05) is 0 Å². The SMILES string of the molecule is C=C(COCC(=O)N(CCCCCCCCCCCC)CCCCCCCCCCCC)N(CCC)CCC. The molecule has 0 aromatic rings. The van der Waals surface area contributed by atoms with E-state index in [4.69, 9.17) is 4.74 Å². The molecule has 0 atom stereocenters. The first-order valence-electron chi connectivity index (χ1n) is 17.4. The van der Waals surface area contributed by atoms with Crippen LogP contribution in [-0.2, 0) is 9.53 Å². The zero-order valence-corrected chi connectivity index (χ0v) is 27.2. The number of amides is 1. The Balaban J connectivity index is 4.35. The Bertz CT molecular complexity index is 507. The van der Waals surface area contributed by atoms with E-state index in [9.17, 15) is 4.79 Å². The monoisotopic (exact) mass is 551 g/mol. The molecule has 232 valence electrons. The molecule has 0 spiro atoms. The van der Waals surface area contributed by atoms with E-state index < -0.39 is 0 Å². The molecule has 0 heterocycles. The smallest absolute Gasteiger partial charge is 0.248 e. The number of unbranched alkanes of at least 4 members (excludes halogenated alkanes) is 18. The van der Waals surface area contributed by atoms with Gasteiger partial charge < -0.3 is 14.5 Å². The number of ether oxygens (including phenoxy) is 1. The maximum absolute atomic E-state index is 13.1. The molecule has 39 heavy (non-hydrogen) atoms. The summed E-state index contributed by atoms with van der Waals surface area (Å²) in [5.74, 6) is 0.159. The Kier molecular flexibility index (Phi) is 29.1. The van der Waals surface area contributed by atoms with Gasteiger partial charge in [-0.05, 0) is 25.7 Å². The van der Waals surface area contributed by atoms with E-state index in [-0.39, 0.29) is 12.5 Å². The van der Waals surface area contributed by atoms with Crippen LogP contribution in [0.3, 0.4) is 0 Å². The van der Waals surface area contributed by atoms with Crippen LogP contribution in [-0.4, -0.2) is 55.1 Å². The lowest BCUT2D eigenvalue weighted by Crippen LogP contribution is -2.36. The van der Waals surface area contributed by atoms with Gasteiger partial charge in [0.1, 0.15) is 6.61 Å². The normalized spacial score (nSPS) is 11.2. The second-order valence-corrected chi connectivity index (χ2v) is 11.8. The van der Waals surface area contributed by atoms with Crippen LogP contribution in [0.5, 0.6) is 0 Å². The number of nitrogens with zero attached hydrogens (tertiary/aromatic N) is 2. The van der Waals surface area contributed by atoms with Crippen molar-refractivity contribution in [1.82, 2.24) is 9.80 Å². The third kappa shape index (κ3) is 24.5. The fourth-order valence-corrected chi connectivity index (χ4v) is 5.35. The van der Waals surface area contributed by atoms with Gasteiger partial charge in [0.25, 0.3) is 0 Å². The van der Waals surface area contributed by atoms with Crippen LogP contribution in [0.15, 0.2) is 12.3 Å². The average Bonchev–Trinajstić information content (AvgIpc) is 2.93. The van der Waals surface area contributed by atoms with Crippen molar-refractivity contribution < 1.29 is 9.53 Å². The Morgan fingerprint density at radius 2 is 0.821 bits per heavy atom. The molecule has 0 aliphatic heterocycles. The van der Waals surface area contributed by atoms with E-state index in [1.165, 1.54) is 116 Å². The van der Waals surface area contributed by atoms with Crippen LogP contribution < -0.4 is 0 Å². The van der Waals surface area contributed by atoms with E-state index in [2.05, 4.69) is 44.1 Å². The van der Waals surface area contributed by atoms with Crippen LogP contribution in [0.1, 0.15) is 169 Å². The minimum absolute atomic E-state index is 0.159. The summed E-state index contributed by atoms with van der Waals surface area (Å²) in [6, 6.07) is 0. The van der Waals surface area contributed by atoms with Gasteiger partial charge in [0, 0.05) is 31.9 Å². The number of carbonyl (C=O) groups excluding carboxylic acids is 1. The van der Waals surface area contributed by atoms with Crippen LogP contribution in [0.2, 0.25) is 0 Å². The van der Waals surface area contributed by atoms with Gasteiger partial charge in [-0.25, -0.2) is 0 Å². The molecule has 0 aromatic carbocycles. The zero-order chi connectivity index (χ0) is 28.8. The molecule has 4 nitrogen and oxygen atoms in total. The van der Waals surface area contributed by atoms with Gasteiger partial charge in [-0.2, -0.15) is 0 Å². The maximum Gasteiger partial charge on any atom is 0.248 e. The van der Waals surface area contributed by atoms with Crippen molar-refractivity contribution in [3.63, 3.8) is 0 Å². The van der Waals surface area contributed by atoms with Crippen LogP contribution in [0.4, 0.5) is 0 Å². The summed E-state index contributed by atoms with van der Waals surface area (Å²) >= 11 is 0. The van der Waals surface area contributed by atoms with Crippen molar-refractivity contribution in [2.24, 2.45) is 0 Å². The van der Waals surface area contributed by atoms with E-state index in [1.54, 1.807) is 0 Å². The molecule has 0 N–H and O–H groups in total. The topological polar surface area (TPSA) is 32.8 Å². The van der Waals surface area contributed by atoms with Crippen molar-refractivity contribution in [3.8, 4) is 0 Å². The Morgan fingerprint density at radius 1 is 0.462 bits per heavy atom. The van der Waals surface area contributed by atoms with E-state index >= 15 is 0 Å². The van der Waals surface area contributed by atoms with Gasteiger partial charge in [-0.15, -0.1) is 0 Å². The predicted octanol–water partition coefficient (Wildman–Crippen LogP) is 10.3. The molecule has 1 amide bonds. The molecule has 0 aliphatic rings. The summed E-state index contributed by atoms with van der Waals surface area (Å²) in [7, 11) is 0. The predicted molar refractivity (Wildman–Crippen MR) is 172 cm³/mol. The minimum atomic E-state index is 0.159. The third-order valence-corrected chi connectivity index (χ3v) is 7.84. The van der Waals surface area contributed by atoms with Crippen molar-refractivity contribution >= 4 is 5.91 Å². The Hall–Kier alpha value is -1.03. The second kappa shape index (κ2) is 29.9. The first-order chi connectivity index (χ1) is 19.1. The zero-order valence-electron chi connectivity index (χ0n) is 27.2. The van der Waals surface area contributed by atoms with Crippen molar-refractivity contribution in [3.05, 3.63) is 12.3 Å². The molecule has 4 heteroatoms. The third-order valence-electron chi connectivity index (χ3n) is 7.84. The van der Waals surface area contributed by atoms with Gasteiger partial charge in [0.2, 0.25) is 5.91 Å². The molecular formula is C35H70N2O2. The molecular weight excluding hydrogens is 480 g/mol. The summed E-state index contributed by atoms with van der Waals surface area (Å²) in [6.07, 6.45) is 28.7. The highest BCUT2D eigenvalue weighted by molar-refractivity contribution is 5.77. The Labute approximate surface area is 245 Å². The minimum Gasteiger partial charge on any atom is -0.373 e. The molecule has 0 bridgehead atoms. The van der Waals surface area contributed by atoms with E-state index in [0.717, 1.165) is 57.6 Å². The van der Waals surface area contributed by atoms with Gasteiger partial charge in [-0.3, -0.25) is 4.79 Å². The lowest BCUT2D eigenvalue weighted by Gasteiger charge is -2.26. The van der Waals surface area contributed by atoms with Crippen LogP contribution in [0.25, 0.3) is 0 Å². The molecule has 0 radical (unpaired) electrons. The molecule has 0 aromatic heterocycles. The quantitative estimate of drug-likeness (QED) is 0.0805. The largest absolute Gasteiger partial charge is 0.373 e. The van der Waals surface area contributed by atoms with Crippen molar-refractivity contribution in [2.75, 3.05) is 39.4 Å². The lowest BCUT2D eigenvalue weighted by atomic mass is 10.1. The fourth-order valence-electron chi connectivity index (χ4n) is 5.35. The van der Waals surface area contributed by atoms with Gasteiger partial charge in [0.05, 0.1) is 6.61 Å². The maximum atomic E-state index is 13.1. The van der Waals surface area contributed by atoms with Crippen LogP contribution >= 0.6 is 0 Å². The first kappa shape index (κ1) is 38.0. The summed E-state index contributed by atoms with van der Waals surface area (Å²) in [5.41, 5.74) is 1.00. The van der Waals surface area contributed by atoms with Crippen LogP contribution in [0, 0.1) is 0 Å². The molecule has 0 aliphatic carbocycles. The summed E-state index contributed by atoms with van der Waals surface area (Å²) in [5, 5.41) is 0. The summed E-state index contributed by atoms with van der Waals surface area (Å²) < 4.78 is 5.88. The van der Waals surface area contributed by atoms with Gasteiger partial charge >= 0.3 is 0 Å². The average molecular weight is 551 g/mol.